The van der Waals surface area contributed by atoms with Crippen LogP contribution in [-0.4, -0.2) is 38.6 Å². The first kappa shape index (κ1) is 11.9. The van der Waals surface area contributed by atoms with Crippen LogP contribution in [0.15, 0.2) is 24.5 Å². The van der Waals surface area contributed by atoms with Crippen molar-refractivity contribution in [2.45, 2.75) is 24.9 Å². The molecule has 0 aliphatic carbocycles. The second-order valence-electron chi connectivity index (χ2n) is 4.37. The number of aliphatic hydroxyl groups excluding tert-OH is 2. The molecule has 0 spiro atoms. The van der Waals surface area contributed by atoms with Gasteiger partial charge in [-0.1, -0.05) is 11.6 Å². The molecule has 3 heterocycles. The van der Waals surface area contributed by atoms with Gasteiger partial charge >= 0.3 is 0 Å². The number of pyridine rings is 1. The molecule has 2 N–H and O–H groups in total. The maximum Gasteiger partial charge on any atom is 0.138 e. The average molecular weight is 269 g/mol. The smallest absolute Gasteiger partial charge is 0.138 e. The van der Waals surface area contributed by atoms with E-state index in [0.29, 0.717) is 11.6 Å². The molecule has 1 aliphatic rings. The Morgan fingerprint density at radius 2 is 2.33 bits per heavy atom. The fourth-order valence-electron chi connectivity index (χ4n) is 2.35. The summed E-state index contributed by atoms with van der Waals surface area (Å²) in [7, 11) is 0. The van der Waals surface area contributed by atoms with Gasteiger partial charge in [-0.05, 0) is 12.1 Å². The Morgan fingerprint density at radius 1 is 1.50 bits per heavy atom. The van der Waals surface area contributed by atoms with E-state index < -0.39 is 12.2 Å². The maximum absolute atomic E-state index is 9.75. The van der Waals surface area contributed by atoms with Crippen molar-refractivity contribution in [3.8, 4) is 0 Å². The lowest BCUT2D eigenvalue weighted by Crippen LogP contribution is -2.24. The maximum atomic E-state index is 9.75. The van der Waals surface area contributed by atoms with E-state index in [0.717, 1.165) is 10.9 Å². The van der Waals surface area contributed by atoms with Crippen molar-refractivity contribution in [3.05, 3.63) is 29.7 Å². The van der Waals surface area contributed by atoms with Crippen LogP contribution in [-0.2, 0) is 4.74 Å². The molecule has 1 fully saturated rings. The van der Waals surface area contributed by atoms with Crippen LogP contribution >= 0.6 is 11.6 Å². The Balaban J connectivity index is 1.99. The highest BCUT2D eigenvalue weighted by Gasteiger charge is 2.34. The van der Waals surface area contributed by atoms with Gasteiger partial charge < -0.3 is 19.5 Å². The number of halogens is 1. The second kappa shape index (κ2) is 4.51. The van der Waals surface area contributed by atoms with Gasteiger partial charge in [0.2, 0.25) is 0 Å². The number of aliphatic hydroxyl groups is 2. The fraction of sp³-hybridized carbons (Fsp3) is 0.417. The van der Waals surface area contributed by atoms with Crippen LogP contribution < -0.4 is 0 Å². The molecule has 3 rings (SSSR count). The summed E-state index contributed by atoms with van der Waals surface area (Å²) >= 11 is 6.01. The van der Waals surface area contributed by atoms with Gasteiger partial charge in [0, 0.05) is 24.2 Å². The highest BCUT2D eigenvalue weighted by atomic mass is 35.5. The van der Waals surface area contributed by atoms with Crippen LogP contribution in [0.2, 0.25) is 5.15 Å². The SMILES string of the molecule is OC[C@H]1O[C@@H](n2ccc3c(Cl)nccc32)C[C@@H]1O. The van der Waals surface area contributed by atoms with Crippen LogP contribution in [0.4, 0.5) is 0 Å². The van der Waals surface area contributed by atoms with Gasteiger partial charge in [-0.3, -0.25) is 0 Å². The van der Waals surface area contributed by atoms with Crippen molar-refractivity contribution in [1.82, 2.24) is 9.55 Å². The quantitative estimate of drug-likeness (QED) is 0.807. The molecule has 1 saturated heterocycles. The molecule has 18 heavy (non-hydrogen) atoms. The van der Waals surface area contributed by atoms with Crippen molar-refractivity contribution in [1.29, 1.82) is 0 Å². The zero-order valence-electron chi connectivity index (χ0n) is 9.53. The highest BCUT2D eigenvalue weighted by molar-refractivity contribution is 6.34. The largest absolute Gasteiger partial charge is 0.394 e. The zero-order valence-corrected chi connectivity index (χ0v) is 10.3. The number of fused-ring (bicyclic) bond motifs is 1. The summed E-state index contributed by atoms with van der Waals surface area (Å²) in [5.74, 6) is 0. The van der Waals surface area contributed by atoms with Crippen LogP contribution in [0.3, 0.4) is 0 Å². The lowest BCUT2D eigenvalue weighted by Gasteiger charge is -2.14. The van der Waals surface area contributed by atoms with Gasteiger partial charge in [-0.15, -0.1) is 0 Å². The monoisotopic (exact) mass is 268 g/mol. The first-order valence-electron chi connectivity index (χ1n) is 5.76. The predicted molar refractivity (Wildman–Crippen MR) is 66.4 cm³/mol. The summed E-state index contributed by atoms with van der Waals surface area (Å²) in [6, 6.07) is 3.72. The molecule has 1 aliphatic heterocycles. The van der Waals surface area contributed by atoms with E-state index >= 15 is 0 Å². The third-order valence-corrected chi connectivity index (χ3v) is 3.59. The first-order chi connectivity index (χ1) is 8.70. The Bertz CT molecular complexity index is 571. The standard InChI is InChI=1S/C12H13ClN2O3/c13-12-7-2-4-15(8(7)1-3-14-12)11-5-9(17)10(6-16)18-11/h1-4,9-11,16-17H,5-6H2/t9-,10+,11+/m0/s1. The molecule has 0 radical (unpaired) electrons. The van der Waals surface area contributed by atoms with Crippen LogP contribution in [0.5, 0.6) is 0 Å². The molecule has 5 nitrogen and oxygen atoms in total. The Kier molecular flexibility index (Phi) is 2.99. The van der Waals surface area contributed by atoms with Gasteiger partial charge in [0.1, 0.15) is 17.5 Å². The highest BCUT2D eigenvalue weighted by Crippen LogP contribution is 2.33. The van der Waals surface area contributed by atoms with Gasteiger partial charge in [-0.2, -0.15) is 0 Å². The van der Waals surface area contributed by atoms with Crippen LogP contribution in [0, 0.1) is 0 Å². The molecular weight excluding hydrogens is 256 g/mol. The normalized spacial score (nSPS) is 28.1. The van der Waals surface area contributed by atoms with Crippen LogP contribution in [0.1, 0.15) is 12.6 Å². The summed E-state index contributed by atoms with van der Waals surface area (Å²) in [5, 5.41) is 20.1. The second-order valence-corrected chi connectivity index (χ2v) is 4.73. The van der Waals surface area contributed by atoms with Crippen molar-refractivity contribution < 1.29 is 14.9 Å². The molecule has 0 amide bonds. The Hall–Kier alpha value is -1.14. The average Bonchev–Trinajstić information content (AvgIpc) is 2.93. The number of hydrogen-bond acceptors (Lipinski definition) is 4. The van der Waals surface area contributed by atoms with Gasteiger partial charge in [0.15, 0.2) is 0 Å². The Morgan fingerprint density at radius 3 is 3.06 bits per heavy atom. The van der Waals surface area contributed by atoms with E-state index in [1.54, 1.807) is 6.20 Å². The third-order valence-electron chi connectivity index (χ3n) is 3.29. The van der Waals surface area contributed by atoms with Crippen molar-refractivity contribution in [2.75, 3.05) is 6.61 Å². The fourth-order valence-corrected chi connectivity index (χ4v) is 2.57. The lowest BCUT2D eigenvalue weighted by atomic mass is 10.2. The Labute approximate surface area is 109 Å². The van der Waals surface area contributed by atoms with Gasteiger partial charge in [0.05, 0.1) is 18.2 Å². The molecule has 0 aromatic carbocycles. The first-order valence-corrected chi connectivity index (χ1v) is 6.14. The summed E-state index contributed by atoms with van der Waals surface area (Å²) in [5.41, 5.74) is 0.908. The van der Waals surface area contributed by atoms with E-state index in [1.165, 1.54) is 0 Å². The summed E-state index contributed by atoms with van der Waals surface area (Å²) in [6.45, 7) is -0.181. The molecule has 3 atom stereocenters. The number of rotatable bonds is 2. The number of nitrogens with zero attached hydrogens (tertiary/aromatic N) is 2. The molecule has 0 bridgehead atoms. The molecule has 0 unspecified atom stereocenters. The molecule has 96 valence electrons. The summed E-state index contributed by atoms with van der Waals surface area (Å²) < 4.78 is 7.52. The lowest BCUT2D eigenvalue weighted by molar-refractivity contribution is -0.0428. The topological polar surface area (TPSA) is 67.5 Å². The van der Waals surface area contributed by atoms with E-state index in [9.17, 15) is 5.11 Å². The van der Waals surface area contributed by atoms with Crippen molar-refractivity contribution in [3.63, 3.8) is 0 Å². The predicted octanol–water partition coefficient (Wildman–Crippen LogP) is 1.33. The zero-order chi connectivity index (χ0) is 12.7. The minimum absolute atomic E-state index is 0.181. The minimum Gasteiger partial charge on any atom is -0.394 e. The number of hydrogen-bond donors (Lipinski definition) is 2. The molecular formula is C12H13ClN2O3. The number of ether oxygens (including phenoxy) is 1. The molecule has 6 heteroatoms. The summed E-state index contributed by atoms with van der Waals surface area (Å²) in [6.07, 6.45) is 2.49. The third kappa shape index (κ3) is 1.80. The molecule has 2 aromatic heterocycles. The van der Waals surface area contributed by atoms with Crippen molar-refractivity contribution >= 4 is 22.5 Å². The minimum atomic E-state index is -0.644. The molecule has 0 saturated carbocycles. The van der Waals surface area contributed by atoms with Crippen LogP contribution in [0.25, 0.3) is 10.9 Å². The number of aromatic nitrogens is 2. The van der Waals surface area contributed by atoms with E-state index in [4.69, 9.17) is 21.4 Å². The van der Waals surface area contributed by atoms with Gasteiger partial charge in [-0.25, -0.2) is 4.98 Å². The molecule has 2 aromatic rings. The van der Waals surface area contributed by atoms with E-state index in [2.05, 4.69) is 4.98 Å². The van der Waals surface area contributed by atoms with Gasteiger partial charge in [0.25, 0.3) is 0 Å². The van der Waals surface area contributed by atoms with Crippen molar-refractivity contribution in [2.24, 2.45) is 0 Å². The van der Waals surface area contributed by atoms with E-state index in [1.807, 2.05) is 22.9 Å². The van der Waals surface area contributed by atoms with E-state index in [-0.39, 0.29) is 12.8 Å². The summed E-state index contributed by atoms with van der Waals surface area (Å²) in [4.78, 5) is 4.02.